The molecule has 1 atom stereocenters. The summed E-state index contributed by atoms with van der Waals surface area (Å²) in [4.78, 5) is 23.4. The molecule has 0 radical (unpaired) electrons. The molecule has 0 fully saturated rings. The van der Waals surface area contributed by atoms with Gasteiger partial charge in [-0.25, -0.2) is 0 Å². The fraction of sp³-hybridized carbons (Fsp3) is 0.529. The molecule has 1 amide bonds. The van der Waals surface area contributed by atoms with Crippen molar-refractivity contribution in [2.45, 2.75) is 59.6 Å². The highest BCUT2D eigenvalue weighted by atomic mass is 16.5. The van der Waals surface area contributed by atoms with Crippen LogP contribution >= 0.6 is 0 Å². The number of nitrogens with one attached hydrogen (secondary N) is 1. The number of hydrogen-bond acceptors (Lipinski definition) is 3. The number of rotatable bonds is 6. The molecule has 21 heavy (non-hydrogen) atoms. The van der Waals surface area contributed by atoms with Crippen molar-refractivity contribution in [2.24, 2.45) is 0 Å². The first-order valence-electron chi connectivity index (χ1n) is 7.26. The summed E-state index contributed by atoms with van der Waals surface area (Å²) in [5, 5.41) is 2.96. The van der Waals surface area contributed by atoms with E-state index in [1.54, 1.807) is 25.1 Å². The van der Waals surface area contributed by atoms with Crippen LogP contribution in [-0.4, -0.2) is 23.3 Å². The van der Waals surface area contributed by atoms with Gasteiger partial charge < -0.3 is 10.1 Å². The average Bonchev–Trinajstić information content (AvgIpc) is 2.40. The van der Waals surface area contributed by atoms with Crippen LogP contribution in [0.25, 0.3) is 0 Å². The van der Waals surface area contributed by atoms with Crippen LogP contribution in [0.15, 0.2) is 18.2 Å². The molecule has 1 N–H and O–H groups in total. The predicted molar refractivity (Wildman–Crippen MR) is 83.8 cm³/mol. The lowest BCUT2D eigenvalue weighted by Gasteiger charge is -2.27. The number of ether oxygens (including phenoxy) is 1. The third-order valence-electron chi connectivity index (χ3n) is 3.60. The zero-order chi connectivity index (χ0) is 16.2. The smallest absolute Gasteiger partial charge is 0.261 e. The highest BCUT2D eigenvalue weighted by Crippen LogP contribution is 2.21. The van der Waals surface area contributed by atoms with Gasteiger partial charge in [0.15, 0.2) is 11.9 Å². The van der Waals surface area contributed by atoms with E-state index in [1.165, 1.54) is 6.92 Å². The summed E-state index contributed by atoms with van der Waals surface area (Å²) >= 11 is 0. The minimum absolute atomic E-state index is 0.0140. The van der Waals surface area contributed by atoms with E-state index in [2.05, 4.69) is 5.32 Å². The average molecular weight is 291 g/mol. The van der Waals surface area contributed by atoms with Gasteiger partial charge in [0.25, 0.3) is 5.91 Å². The monoisotopic (exact) mass is 291 g/mol. The standard InChI is InChI=1S/C17H25NO3/c1-7-17(5,6)18-16(20)13(4)21-15-9-8-14(12(3)19)10-11(15)2/h8-10,13H,7H2,1-6H3,(H,18,20). The van der Waals surface area contributed by atoms with Gasteiger partial charge in [0.05, 0.1) is 0 Å². The molecule has 0 aliphatic carbocycles. The van der Waals surface area contributed by atoms with Crippen LogP contribution in [0.3, 0.4) is 0 Å². The Morgan fingerprint density at radius 2 is 1.95 bits per heavy atom. The van der Waals surface area contributed by atoms with E-state index in [4.69, 9.17) is 4.74 Å². The number of Topliss-reactive ketones (excluding diaryl/α,β-unsaturated/α-hetero) is 1. The molecule has 1 rings (SSSR count). The lowest BCUT2D eigenvalue weighted by molar-refractivity contribution is -0.129. The van der Waals surface area contributed by atoms with Crippen molar-refractivity contribution in [1.82, 2.24) is 5.32 Å². The summed E-state index contributed by atoms with van der Waals surface area (Å²) < 4.78 is 5.71. The molecule has 0 aliphatic heterocycles. The first-order valence-corrected chi connectivity index (χ1v) is 7.26. The van der Waals surface area contributed by atoms with Crippen molar-refractivity contribution in [3.63, 3.8) is 0 Å². The molecule has 0 saturated heterocycles. The summed E-state index contributed by atoms with van der Waals surface area (Å²) in [6.07, 6.45) is 0.260. The lowest BCUT2D eigenvalue weighted by atomic mass is 10.0. The maximum absolute atomic E-state index is 12.1. The van der Waals surface area contributed by atoms with Crippen molar-refractivity contribution in [3.8, 4) is 5.75 Å². The Morgan fingerprint density at radius 1 is 1.33 bits per heavy atom. The van der Waals surface area contributed by atoms with Crippen LogP contribution in [0.4, 0.5) is 0 Å². The van der Waals surface area contributed by atoms with Gasteiger partial charge in [0, 0.05) is 11.1 Å². The number of aryl methyl sites for hydroxylation is 1. The van der Waals surface area contributed by atoms with Crippen LogP contribution in [0, 0.1) is 6.92 Å². The van der Waals surface area contributed by atoms with Crippen LogP contribution in [0.2, 0.25) is 0 Å². The summed E-state index contributed by atoms with van der Waals surface area (Å²) in [6, 6.07) is 5.23. The Balaban J connectivity index is 2.77. The molecule has 0 bridgehead atoms. The topological polar surface area (TPSA) is 55.4 Å². The summed E-state index contributed by atoms with van der Waals surface area (Å²) in [7, 11) is 0. The van der Waals surface area contributed by atoms with Gasteiger partial charge in [-0.3, -0.25) is 9.59 Å². The molecule has 0 heterocycles. The van der Waals surface area contributed by atoms with Crippen molar-refractivity contribution in [2.75, 3.05) is 0 Å². The zero-order valence-electron chi connectivity index (χ0n) is 13.7. The zero-order valence-corrected chi connectivity index (χ0v) is 13.7. The van der Waals surface area contributed by atoms with Gasteiger partial charge >= 0.3 is 0 Å². The van der Waals surface area contributed by atoms with Crippen molar-refractivity contribution < 1.29 is 14.3 Å². The van der Waals surface area contributed by atoms with Crippen LogP contribution in [0.1, 0.15) is 57.0 Å². The van der Waals surface area contributed by atoms with E-state index >= 15 is 0 Å². The molecule has 1 aromatic carbocycles. The summed E-state index contributed by atoms with van der Waals surface area (Å²) in [5.41, 5.74) is 1.24. The van der Waals surface area contributed by atoms with Gasteiger partial charge in [0.1, 0.15) is 5.75 Å². The van der Waals surface area contributed by atoms with E-state index < -0.39 is 6.10 Å². The van der Waals surface area contributed by atoms with Gasteiger partial charge in [-0.15, -0.1) is 0 Å². The fourth-order valence-electron chi connectivity index (χ4n) is 1.77. The summed E-state index contributed by atoms with van der Waals surface area (Å²) in [6.45, 7) is 11.1. The Kier molecular flexibility index (Phi) is 5.53. The minimum atomic E-state index is -0.585. The molecule has 4 heteroatoms. The second-order valence-electron chi connectivity index (χ2n) is 6.02. The molecule has 116 valence electrons. The molecule has 1 aromatic rings. The lowest BCUT2D eigenvalue weighted by Crippen LogP contribution is -2.48. The second kappa shape index (κ2) is 6.74. The van der Waals surface area contributed by atoms with Crippen LogP contribution in [0.5, 0.6) is 5.75 Å². The van der Waals surface area contributed by atoms with Gasteiger partial charge in [0.2, 0.25) is 0 Å². The predicted octanol–water partition coefficient (Wildman–Crippen LogP) is 3.27. The second-order valence-corrected chi connectivity index (χ2v) is 6.02. The van der Waals surface area contributed by atoms with Crippen molar-refractivity contribution in [3.05, 3.63) is 29.3 Å². The van der Waals surface area contributed by atoms with E-state index in [0.29, 0.717) is 11.3 Å². The Bertz CT molecular complexity index is 535. The van der Waals surface area contributed by atoms with Gasteiger partial charge in [-0.1, -0.05) is 6.92 Å². The molecular formula is C17H25NO3. The Labute approximate surface area is 126 Å². The van der Waals surface area contributed by atoms with Gasteiger partial charge in [-0.05, 0) is 64.8 Å². The number of benzene rings is 1. The Morgan fingerprint density at radius 3 is 2.43 bits per heavy atom. The first-order chi connectivity index (χ1) is 9.66. The largest absolute Gasteiger partial charge is 0.481 e. The molecule has 0 spiro atoms. The number of amides is 1. The van der Waals surface area contributed by atoms with Crippen LogP contribution in [-0.2, 0) is 4.79 Å². The number of hydrogen-bond donors (Lipinski definition) is 1. The highest BCUT2D eigenvalue weighted by molar-refractivity contribution is 5.94. The molecular weight excluding hydrogens is 266 g/mol. The molecule has 0 aromatic heterocycles. The molecule has 1 unspecified atom stereocenters. The van der Waals surface area contributed by atoms with Crippen LogP contribution < -0.4 is 10.1 Å². The summed E-state index contributed by atoms with van der Waals surface area (Å²) in [5.74, 6) is 0.494. The maximum atomic E-state index is 12.1. The van der Waals surface area contributed by atoms with E-state index in [0.717, 1.165) is 12.0 Å². The Hall–Kier alpha value is -1.84. The quantitative estimate of drug-likeness (QED) is 0.818. The third kappa shape index (κ3) is 4.88. The maximum Gasteiger partial charge on any atom is 0.261 e. The van der Waals surface area contributed by atoms with E-state index in [1.807, 2.05) is 27.7 Å². The normalized spacial score (nSPS) is 12.7. The number of carbonyl (C=O) groups is 2. The van der Waals surface area contributed by atoms with E-state index in [9.17, 15) is 9.59 Å². The number of carbonyl (C=O) groups excluding carboxylic acids is 2. The van der Waals surface area contributed by atoms with Crippen molar-refractivity contribution in [1.29, 1.82) is 0 Å². The third-order valence-corrected chi connectivity index (χ3v) is 3.60. The van der Waals surface area contributed by atoms with Crippen molar-refractivity contribution >= 4 is 11.7 Å². The SMILES string of the molecule is CCC(C)(C)NC(=O)C(C)Oc1ccc(C(C)=O)cc1C. The molecule has 0 saturated carbocycles. The molecule has 0 aliphatic rings. The fourth-order valence-corrected chi connectivity index (χ4v) is 1.77. The first kappa shape index (κ1) is 17.2. The minimum Gasteiger partial charge on any atom is -0.481 e. The van der Waals surface area contributed by atoms with E-state index in [-0.39, 0.29) is 17.2 Å². The van der Waals surface area contributed by atoms with Gasteiger partial charge in [-0.2, -0.15) is 0 Å². The highest BCUT2D eigenvalue weighted by Gasteiger charge is 2.23. The number of ketones is 1. The molecule has 4 nitrogen and oxygen atoms in total.